The van der Waals surface area contributed by atoms with Gasteiger partial charge in [-0.05, 0) is 54.3 Å². The highest BCUT2D eigenvalue weighted by Crippen LogP contribution is 2.25. The zero-order valence-electron chi connectivity index (χ0n) is 22.7. The largest absolute Gasteiger partial charge is 0.383 e. The SMILES string of the molecule is COCCN(CC(=O)N(Cc1cccn1Cc1ccc(Br)cc1)C1CCCCC1)C(=O)C=Cc1ccccc1. The third-order valence-corrected chi connectivity index (χ3v) is 7.81. The van der Waals surface area contributed by atoms with Crippen LogP contribution in [0.15, 0.2) is 83.5 Å². The van der Waals surface area contributed by atoms with Crippen molar-refractivity contribution in [3.05, 3.63) is 100 Å². The molecule has 0 N–H and O–H groups in total. The third kappa shape index (κ3) is 8.67. The van der Waals surface area contributed by atoms with Crippen LogP contribution in [0, 0.1) is 0 Å². The molecule has 206 valence electrons. The van der Waals surface area contributed by atoms with Gasteiger partial charge >= 0.3 is 0 Å². The van der Waals surface area contributed by atoms with Crippen LogP contribution in [0.2, 0.25) is 0 Å². The van der Waals surface area contributed by atoms with Gasteiger partial charge in [-0.3, -0.25) is 9.59 Å². The molecule has 39 heavy (non-hydrogen) atoms. The van der Waals surface area contributed by atoms with Crippen LogP contribution >= 0.6 is 15.9 Å². The van der Waals surface area contributed by atoms with Crippen molar-refractivity contribution in [1.29, 1.82) is 0 Å². The molecule has 0 spiro atoms. The number of benzene rings is 2. The van der Waals surface area contributed by atoms with Crippen molar-refractivity contribution in [3.8, 4) is 0 Å². The molecule has 1 aliphatic carbocycles. The summed E-state index contributed by atoms with van der Waals surface area (Å²) >= 11 is 3.51. The molecule has 1 saturated carbocycles. The second-order valence-electron chi connectivity index (χ2n) is 10.1. The van der Waals surface area contributed by atoms with E-state index in [1.807, 2.05) is 53.4 Å². The molecule has 1 aromatic heterocycles. The Morgan fingerprint density at radius 3 is 2.46 bits per heavy atom. The van der Waals surface area contributed by atoms with Crippen LogP contribution in [0.3, 0.4) is 0 Å². The molecule has 0 bridgehead atoms. The minimum atomic E-state index is -0.188. The monoisotopic (exact) mass is 591 g/mol. The highest BCUT2D eigenvalue weighted by atomic mass is 79.9. The van der Waals surface area contributed by atoms with Crippen molar-refractivity contribution >= 4 is 33.8 Å². The number of amides is 2. The predicted octanol–water partition coefficient (Wildman–Crippen LogP) is 6.15. The number of aromatic nitrogens is 1. The number of hydrogen-bond acceptors (Lipinski definition) is 3. The normalized spacial score (nSPS) is 14.0. The average molecular weight is 593 g/mol. The predicted molar refractivity (Wildman–Crippen MR) is 159 cm³/mol. The molecule has 0 atom stereocenters. The second kappa shape index (κ2) is 14.8. The van der Waals surface area contributed by atoms with E-state index in [2.05, 4.69) is 44.9 Å². The number of rotatable bonds is 12. The van der Waals surface area contributed by atoms with Crippen LogP contribution in [0.4, 0.5) is 0 Å². The van der Waals surface area contributed by atoms with E-state index in [9.17, 15) is 9.59 Å². The van der Waals surface area contributed by atoms with Gasteiger partial charge in [0, 0.05) is 48.7 Å². The van der Waals surface area contributed by atoms with Gasteiger partial charge in [-0.2, -0.15) is 0 Å². The molecular weight excluding hydrogens is 554 g/mol. The molecule has 0 saturated heterocycles. The zero-order valence-corrected chi connectivity index (χ0v) is 24.3. The molecule has 2 amide bonds. The first kappa shape index (κ1) is 28.8. The van der Waals surface area contributed by atoms with Crippen molar-refractivity contribution < 1.29 is 14.3 Å². The van der Waals surface area contributed by atoms with Crippen molar-refractivity contribution in [1.82, 2.24) is 14.4 Å². The molecule has 0 aliphatic heterocycles. The van der Waals surface area contributed by atoms with Crippen LogP contribution in [0.25, 0.3) is 6.08 Å². The van der Waals surface area contributed by atoms with E-state index in [1.54, 1.807) is 24.2 Å². The Balaban J connectivity index is 1.50. The van der Waals surface area contributed by atoms with E-state index >= 15 is 0 Å². The summed E-state index contributed by atoms with van der Waals surface area (Å²) in [5, 5.41) is 0. The average Bonchev–Trinajstić information content (AvgIpc) is 3.41. The van der Waals surface area contributed by atoms with Crippen molar-refractivity contribution in [2.24, 2.45) is 0 Å². The first-order valence-electron chi connectivity index (χ1n) is 13.7. The van der Waals surface area contributed by atoms with Gasteiger partial charge in [0.15, 0.2) is 0 Å². The first-order valence-corrected chi connectivity index (χ1v) is 14.5. The summed E-state index contributed by atoms with van der Waals surface area (Å²) in [7, 11) is 1.61. The lowest BCUT2D eigenvalue weighted by molar-refractivity contribution is -0.141. The van der Waals surface area contributed by atoms with E-state index in [0.29, 0.717) is 19.7 Å². The molecule has 0 unspecified atom stereocenters. The lowest BCUT2D eigenvalue weighted by atomic mass is 9.94. The summed E-state index contributed by atoms with van der Waals surface area (Å²) in [6.45, 7) is 2.03. The number of ether oxygens (including phenoxy) is 1. The van der Waals surface area contributed by atoms with Gasteiger partial charge in [0.2, 0.25) is 11.8 Å². The molecule has 1 fully saturated rings. The molecule has 4 rings (SSSR count). The standard InChI is InChI=1S/C32H38BrN3O3/c1-39-22-21-35(31(37)19-16-26-9-4-2-5-10-26)25-32(38)36(29-11-6-3-7-12-29)24-30-13-8-20-34(30)23-27-14-17-28(33)18-15-27/h2,4-5,8-10,13-20,29H,3,6-7,11-12,21-25H2,1H3. The van der Waals surface area contributed by atoms with Crippen molar-refractivity contribution in [3.63, 3.8) is 0 Å². The van der Waals surface area contributed by atoms with E-state index in [4.69, 9.17) is 4.74 Å². The fourth-order valence-electron chi connectivity index (χ4n) is 5.08. The number of carbonyl (C=O) groups is 2. The van der Waals surface area contributed by atoms with Crippen LogP contribution in [0.5, 0.6) is 0 Å². The van der Waals surface area contributed by atoms with Crippen molar-refractivity contribution in [2.75, 3.05) is 26.8 Å². The summed E-state index contributed by atoms with van der Waals surface area (Å²) < 4.78 is 8.53. The maximum Gasteiger partial charge on any atom is 0.247 e. The highest BCUT2D eigenvalue weighted by molar-refractivity contribution is 9.10. The summed E-state index contributed by atoms with van der Waals surface area (Å²) in [5.74, 6) is -0.206. The number of nitrogens with zero attached hydrogens (tertiary/aromatic N) is 3. The number of methoxy groups -OCH3 is 1. The van der Waals surface area contributed by atoms with E-state index < -0.39 is 0 Å². The lowest BCUT2D eigenvalue weighted by Crippen LogP contribution is -2.48. The maximum atomic E-state index is 13.9. The van der Waals surface area contributed by atoms with Gasteiger partial charge in [0.1, 0.15) is 6.54 Å². The van der Waals surface area contributed by atoms with Crippen molar-refractivity contribution in [2.45, 2.75) is 51.2 Å². The van der Waals surface area contributed by atoms with E-state index in [0.717, 1.165) is 48.0 Å². The summed E-state index contributed by atoms with van der Waals surface area (Å²) in [6, 6.07) is 22.3. The first-order chi connectivity index (χ1) is 19.0. The summed E-state index contributed by atoms with van der Waals surface area (Å²) in [4.78, 5) is 30.7. The molecule has 1 heterocycles. The van der Waals surface area contributed by atoms with E-state index in [-0.39, 0.29) is 24.4 Å². The Kier molecular flexibility index (Phi) is 11.0. The van der Waals surface area contributed by atoms with Gasteiger partial charge in [-0.25, -0.2) is 0 Å². The quantitative estimate of drug-likeness (QED) is 0.237. The fourth-order valence-corrected chi connectivity index (χ4v) is 5.35. The van der Waals surface area contributed by atoms with Gasteiger partial charge in [0.05, 0.1) is 13.2 Å². The Morgan fingerprint density at radius 1 is 1.00 bits per heavy atom. The second-order valence-corrected chi connectivity index (χ2v) is 11.0. The topological polar surface area (TPSA) is 54.8 Å². The number of halogens is 1. The molecule has 0 radical (unpaired) electrons. The van der Waals surface area contributed by atoms with Crippen LogP contribution in [0.1, 0.15) is 48.9 Å². The molecule has 1 aliphatic rings. The minimum absolute atomic E-state index is 0.0177. The molecule has 3 aromatic rings. The number of hydrogen-bond donors (Lipinski definition) is 0. The van der Waals surface area contributed by atoms with Gasteiger partial charge in [-0.1, -0.05) is 77.7 Å². The van der Waals surface area contributed by atoms with Crippen LogP contribution in [-0.2, 0) is 27.4 Å². The highest BCUT2D eigenvalue weighted by Gasteiger charge is 2.28. The maximum absolute atomic E-state index is 13.9. The Hall–Kier alpha value is -3.16. The Morgan fingerprint density at radius 2 is 1.74 bits per heavy atom. The number of carbonyl (C=O) groups excluding carboxylic acids is 2. The molecule has 6 nitrogen and oxygen atoms in total. The van der Waals surface area contributed by atoms with Gasteiger partial charge in [0.25, 0.3) is 0 Å². The Bertz CT molecular complexity index is 1220. The summed E-state index contributed by atoms with van der Waals surface area (Å²) in [6.07, 6.45) is 10.9. The third-order valence-electron chi connectivity index (χ3n) is 7.28. The summed E-state index contributed by atoms with van der Waals surface area (Å²) in [5.41, 5.74) is 3.24. The van der Waals surface area contributed by atoms with Crippen LogP contribution in [-0.4, -0.2) is 59.0 Å². The Labute approximate surface area is 240 Å². The lowest BCUT2D eigenvalue weighted by Gasteiger charge is -2.36. The van der Waals surface area contributed by atoms with Gasteiger partial charge < -0.3 is 19.1 Å². The van der Waals surface area contributed by atoms with E-state index in [1.165, 1.54) is 12.0 Å². The zero-order chi connectivity index (χ0) is 27.5. The minimum Gasteiger partial charge on any atom is -0.383 e. The molecule has 7 heteroatoms. The molecular formula is C32H38BrN3O3. The van der Waals surface area contributed by atoms with Crippen LogP contribution < -0.4 is 0 Å². The van der Waals surface area contributed by atoms with Gasteiger partial charge in [-0.15, -0.1) is 0 Å². The smallest absolute Gasteiger partial charge is 0.247 e. The fraction of sp³-hybridized carbons (Fsp3) is 0.375. The molecule has 2 aromatic carbocycles.